The van der Waals surface area contributed by atoms with Crippen molar-refractivity contribution in [2.45, 2.75) is 26.9 Å². The van der Waals surface area contributed by atoms with Crippen LogP contribution < -0.4 is 4.74 Å². The Labute approximate surface area is 146 Å². The van der Waals surface area contributed by atoms with Gasteiger partial charge in [0.15, 0.2) is 0 Å². The van der Waals surface area contributed by atoms with Gasteiger partial charge in [-0.3, -0.25) is 0 Å². The van der Waals surface area contributed by atoms with Gasteiger partial charge >= 0.3 is 5.97 Å². The molecule has 1 aliphatic heterocycles. The van der Waals surface area contributed by atoms with Crippen molar-refractivity contribution in [2.75, 3.05) is 6.61 Å². The van der Waals surface area contributed by atoms with Gasteiger partial charge in [0.05, 0.1) is 18.4 Å². The lowest BCUT2D eigenvalue weighted by molar-refractivity contribution is 0.0497. The monoisotopic (exact) mass is 334 g/mol. The number of nitrogens with zero attached hydrogens (tertiary/aromatic N) is 2. The summed E-state index contributed by atoms with van der Waals surface area (Å²) in [5, 5.41) is 9.43. The molecule has 0 N–H and O–H groups in total. The largest absolute Gasteiger partial charge is 0.487 e. The molecule has 1 aliphatic rings. The summed E-state index contributed by atoms with van der Waals surface area (Å²) in [6.07, 6.45) is 0.753. The Morgan fingerprint density at radius 1 is 1.28 bits per heavy atom. The van der Waals surface area contributed by atoms with E-state index in [1.807, 2.05) is 37.3 Å². The molecular weight excluding hydrogens is 316 g/mol. The molecule has 0 fully saturated rings. The van der Waals surface area contributed by atoms with E-state index in [2.05, 4.69) is 11.1 Å². The second-order valence-electron chi connectivity index (χ2n) is 5.72. The second kappa shape index (κ2) is 7.18. The zero-order valence-corrected chi connectivity index (χ0v) is 14.2. The summed E-state index contributed by atoms with van der Waals surface area (Å²) in [6, 6.07) is 13.2. The van der Waals surface area contributed by atoms with Gasteiger partial charge in [-0.15, -0.1) is 0 Å². The standard InChI is InChI=1S/C20H18N2O3/c1-3-10-24-20(23)16-9-8-14-17(22-16)12-25-18-7-5-4-6-15(18)19(14)13(2)11-21/h4-9H,3,10,12H2,1-2H3. The maximum Gasteiger partial charge on any atom is 0.356 e. The van der Waals surface area contributed by atoms with E-state index in [0.29, 0.717) is 23.6 Å². The number of fused-ring (bicyclic) bond motifs is 2. The Hall–Kier alpha value is -3.13. The van der Waals surface area contributed by atoms with E-state index in [1.54, 1.807) is 13.0 Å². The van der Waals surface area contributed by atoms with E-state index < -0.39 is 5.97 Å². The fraction of sp³-hybridized carbons (Fsp3) is 0.250. The minimum absolute atomic E-state index is 0.226. The highest BCUT2D eigenvalue weighted by atomic mass is 16.5. The van der Waals surface area contributed by atoms with Gasteiger partial charge in [-0.1, -0.05) is 25.1 Å². The fourth-order valence-corrected chi connectivity index (χ4v) is 2.77. The van der Waals surface area contributed by atoms with Crippen molar-refractivity contribution in [3.05, 3.63) is 64.5 Å². The van der Waals surface area contributed by atoms with Gasteiger partial charge in [0.2, 0.25) is 0 Å². The second-order valence-corrected chi connectivity index (χ2v) is 5.72. The molecule has 0 amide bonds. The maximum atomic E-state index is 12.1. The number of benzene rings is 1. The summed E-state index contributed by atoms with van der Waals surface area (Å²) in [4.78, 5) is 16.5. The lowest BCUT2D eigenvalue weighted by Gasteiger charge is -2.11. The Kier molecular flexibility index (Phi) is 4.80. The molecule has 2 aromatic rings. The number of allylic oxidation sites excluding steroid dienone is 1. The number of nitriles is 1. The quantitative estimate of drug-likeness (QED) is 0.629. The van der Waals surface area contributed by atoms with Crippen molar-refractivity contribution in [1.82, 2.24) is 4.98 Å². The summed E-state index contributed by atoms with van der Waals surface area (Å²) >= 11 is 0. The summed E-state index contributed by atoms with van der Waals surface area (Å²) in [5.74, 6) is 0.245. The summed E-state index contributed by atoms with van der Waals surface area (Å²) in [7, 11) is 0. The molecule has 5 nitrogen and oxygen atoms in total. The first kappa shape index (κ1) is 16.7. The number of aromatic nitrogens is 1. The third kappa shape index (κ3) is 3.24. The zero-order valence-electron chi connectivity index (χ0n) is 14.2. The third-order valence-electron chi connectivity index (χ3n) is 3.95. The van der Waals surface area contributed by atoms with Crippen LogP contribution in [0.15, 0.2) is 42.0 Å². The molecule has 3 rings (SSSR count). The average molecular weight is 334 g/mol. The Balaban J connectivity index is 2.11. The van der Waals surface area contributed by atoms with Crippen LogP contribution in [0.2, 0.25) is 0 Å². The molecule has 126 valence electrons. The average Bonchev–Trinajstić information content (AvgIpc) is 2.81. The van der Waals surface area contributed by atoms with Gasteiger partial charge in [-0.25, -0.2) is 9.78 Å². The molecule has 5 heteroatoms. The van der Waals surface area contributed by atoms with E-state index in [1.165, 1.54) is 0 Å². The number of pyridine rings is 1. The number of para-hydroxylation sites is 1. The predicted molar refractivity (Wildman–Crippen MR) is 92.9 cm³/mol. The lowest BCUT2D eigenvalue weighted by Crippen LogP contribution is -2.11. The van der Waals surface area contributed by atoms with Crippen LogP contribution in [0.3, 0.4) is 0 Å². The topological polar surface area (TPSA) is 72.2 Å². The molecule has 0 aliphatic carbocycles. The number of carbonyl (C=O) groups is 1. The molecule has 0 bridgehead atoms. The van der Waals surface area contributed by atoms with Crippen molar-refractivity contribution in [2.24, 2.45) is 0 Å². The molecule has 1 aromatic carbocycles. The molecule has 1 aromatic heterocycles. The van der Waals surface area contributed by atoms with Crippen molar-refractivity contribution < 1.29 is 14.3 Å². The molecule has 0 saturated carbocycles. The lowest BCUT2D eigenvalue weighted by atomic mass is 9.93. The first-order valence-corrected chi connectivity index (χ1v) is 8.16. The zero-order chi connectivity index (χ0) is 17.8. The number of rotatable bonds is 3. The molecule has 0 unspecified atom stereocenters. The van der Waals surface area contributed by atoms with Crippen LogP contribution in [-0.2, 0) is 11.3 Å². The first-order chi connectivity index (χ1) is 12.2. The molecule has 25 heavy (non-hydrogen) atoms. The highest BCUT2D eigenvalue weighted by Gasteiger charge is 2.23. The molecule has 0 saturated heterocycles. The van der Waals surface area contributed by atoms with E-state index in [4.69, 9.17) is 9.47 Å². The van der Waals surface area contributed by atoms with Gasteiger partial charge in [0.1, 0.15) is 18.1 Å². The van der Waals surface area contributed by atoms with Crippen LogP contribution in [0, 0.1) is 11.3 Å². The van der Waals surface area contributed by atoms with E-state index >= 15 is 0 Å². The molecule has 2 heterocycles. The highest BCUT2D eigenvalue weighted by molar-refractivity contribution is 5.90. The summed E-state index contributed by atoms with van der Waals surface area (Å²) in [6.45, 7) is 4.29. The van der Waals surface area contributed by atoms with E-state index in [-0.39, 0.29) is 12.3 Å². The van der Waals surface area contributed by atoms with Gasteiger partial charge in [0.25, 0.3) is 0 Å². The van der Waals surface area contributed by atoms with Gasteiger partial charge in [0, 0.05) is 22.3 Å². The number of carbonyl (C=O) groups excluding carboxylic acids is 1. The Morgan fingerprint density at radius 3 is 2.84 bits per heavy atom. The van der Waals surface area contributed by atoms with Crippen LogP contribution in [0.4, 0.5) is 0 Å². The Morgan fingerprint density at radius 2 is 2.08 bits per heavy atom. The van der Waals surface area contributed by atoms with Gasteiger partial charge < -0.3 is 9.47 Å². The fourth-order valence-electron chi connectivity index (χ4n) is 2.77. The van der Waals surface area contributed by atoms with Crippen LogP contribution in [0.5, 0.6) is 5.75 Å². The van der Waals surface area contributed by atoms with Crippen molar-refractivity contribution in [1.29, 1.82) is 5.26 Å². The van der Waals surface area contributed by atoms with Crippen LogP contribution in [-0.4, -0.2) is 17.6 Å². The smallest absolute Gasteiger partial charge is 0.356 e. The van der Waals surface area contributed by atoms with Crippen molar-refractivity contribution >= 4 is 11.5 Å². The maximum absolute atomic E-state index is 12.1. The van der Waals surface area contributed by atoms with Crippen molar-refractivity contribution in [3.8, 4) is 11.8 Å². The highest BCUT2D eigenvalue weighted by Crippen LogP contribution is 2.37. The number of hydrogen-bond donors (Lipinski definition) is 0. The van der Waals surface area contributed by atoms with Crippen LogP contribution in [0.25, 0.3) is 5.57 Å². The molecule has 0 atom stereocenters. The minimum Gasteiger partial charge on any atom is -0.487 e. The van der Waals surface area contributed by atoms with E-state index in [0.717, 1.165) is 23.1 Å². The van der Waals surface area contributed by atoms with Gasteiger partial charge in [-0.05, 0) is 31.5 Å². The third-order valence-corrected chi connectivity index (χ3v) is 3.95. The summed E-state index contributed by atoms with van der Waals surface area (Å²) in [5.41, 5.74) is 3.87. The molecule has 0 spiro atoms. The number of hydrogen-bond acceptors (Lipinski definition) is 5. The number of ether oxygens (including phenoxy) is 2. The predicted octanol–water partition coefficient (Wildman–Crippen LogP) is 3.89. The Bertz CT molecular complexity index is 894. The van der Waals surface area contributed by atoms with Crippen LogP contribution in [0.1, 0.15) is 47.6 Å². The molecule has 0 radical (unpaired) electrons. The normalized spacial score (nSPS) is 14.3. The molecular formula is C20H18N2O3. The van der Waals surface area contributed by atoms with Gasteiger partial charge in [-0.2, -0.15) is 5.26 Å². The minimum atomic E-state index is -0.450. The SMILES string of the molecule is CCCOC(=O)c1ccc2c(n1)COc1ccccc1C2=C(C)C#N. The van der Waals surface area contributed by atoms with Crippen molar-refractivity contribution in [3.63, 3.8) is 0 Å². The summed E-state index contributed by atoms with van der Waals surface area (Å²) < 4.78 is 11.0. The van der Waals surface area contributed by atoms with E-state index in [9.17, 15) is 10.1 Å². The van der Waals surface area contributed by atoms with Crippen LogP contribution >= 0.6 is 0 Å². The first-order valence-electron chi connectivity index (χ1n) is 8.16. The number of esters is 1.